The van der Waals surface area contributed by atoms with Gasteiger partial charge in [-0.25, -0.2) is 4.79 Å². The molecule has 0 rings (SSSR count). The van der Waals surface area contributed by atoms with E-state index in [0.29, 0.717) is 0 Å². The fraction of sp³-hybridized carbons (Fsp3) is 0.333. The summed E-state index contributed by atoms with van der Waals surface area (Å²) in [6, 6.07) is 0. The Morgan fingerprint density at radius 2 is 1.23 bits per heavy atom. The Morgan fingerprint density at radius 3 is 1.23 bits per heavy atom. The summed E-state index contributed by atoms with van der Waals surface area (Å²) in [5.41, 5.74) is 0. The monoisotopic (exact) mass is 230 g/mol. The summed E-state index contributed by atoms with van der Waals surface area (Å²) < 4.78 is 34.1. The van der Waals surface area contributed by atoms with Crippen LogP contribution in [0.2, 0.25) is 0 Å². The number of carboxylic acid groups (broad SMARTS) is 1. The smallest absolute Gasteiger partial charge is 0.759 e. The number of aliphatic carboxylic acids is 1. The van der Waals surface area contributed by atoms with Gasteiger partial charge in [-0.1, -0.05) is 0 Å². The summed E-state index contributed by atoms with van der Waals surface area (Å²) in [4.78, 5) is 18.9. The number of carbonyl (C=O) groups excluding carboxylic acids is 1. The minimum atomic E-state index is -5.17. The van der Waals surface area contributed by atoms with E-state index in [2.05, 4.69) is 0 Å². The molecule has 0 spiro atoms. The molecule has 66 valence electrons. The van der Waals surface area contributed by atoms with E-state index >= 15 is 0 Å². The van der Waals surface area contributed by atoms with Gasteiger partial charge in [-0.3, -0.25) is 13.2 Å². The molecule has 0 radical (unpaired) electrons. The van der Waals surface area contributed by atoms with Crippen molar-refractivity contribution in [1.29, 1.82) is 0 Å². The third-order valence-corrected chi connectivity index (χ3v) is 0.301. The number of hydrogen-bond acceptors (Lipinski definition) is 6. The van der Waals surface area contributed by atoms with E-state index in [-0.39, 0.29) is 59.1 Å². The summed E-state index contributed by atoms with van der Waals surface area (Å²) in [5.74, 6) is -2.20. The van der Waals surface area contributed by atoms with E-state index in [1.807, 2.05) is 0 Å². The molecule has 0 fully saturated rings. The molecule has 7 nitrogen and oxygen atoms in total. The molecule has 0 aliphatic carbocycles. The normalized spacial score (nSPS) is 7.92. The minimum absolute atomic E-state index is 0. The number of ketones is 1. The predicted octanol–water partition coefficient (Wildman–Crippen LogP) is -7.67. The molecule has 0 aromatic carbocycles. The van der Waals surface area contributed by atoms with E-state index < -0.39 is 22.2 Å². The molecule has 0 amide bonds. The largest absolute Gasteiger partial charge is 1.00 e. The van der Waals surface area contributed by atoms with Gasteiger partial charge in [0.25, 0.3) is 0 Å². The first-order valence-corrected chi connectivity index (χ1v) is 3.38. The summed E-state index contributed by atoms with van der Waals surface area (Å²) in [7, 11) is -5.17. The van der Waals surface area contributed by atoms with Gasteiger partial charge >= 0.3 is 65.1 Å². The zero-order valence-corrected chi connectivity index (χ0v) is 12.1. The summed E-state index contributed by atoms with van der Waals surface area (Å²) in [5, 5.41) is 7.64. The van der Waals surface area contributed by atoms with E-state index in [9.17, 15) is 9.59 Å². The van der Waals surface area contributed by atoms with Gasteiger partial charge in [0.1, 0.15) is 0 Å². The zero-order valence-electron chi connectivity index (χ0n) is 7.30. The van der Waals surface area contributed by atoms with Crippen LogP contribution in [0.1, 0.15) is 6.92 Å². The number of rotatable bonds is 1. The topological polar surface area (TPSA) is 135 Å². The molecule has 0 saturated heterocycles. The zero-order chi connectivity index (χ0) is 9.65. The van der Waals surface area contributed by atoms with Crippen LogP contribution in [0.25, 0.3) is 0 Å². The minimum Gasteiger partial charge on any atom is -0.759 e. The van der Waals surface area contributed by atoms with Crippen LogP contribution < -0.4 is 59.1 Å². The first-order chi connectivity index (χ1) is 4.64. The molecule has 0 atom stereocenters. The average molecular weight is 230 g/mol. The van der Waals surface area contributed by atoms with Gasteiger partial charge in [-0.15, -0.1) is 0 Å². The molecule has 0 saturated carbocycles. The van der Waals surface area contributed by atoms with Gasteiger partial charge in [0.05, 0.1) is 0 Å². The van der Waals surface area contributed by atoms with Crippen molar-refractivity contribution < 1.29 is 91.3 Å². The van der Waals surface area contributed by atoms with Crippen molar-refractivity contribution in [2.45, 2.75) is 6.92 Å². The first-order valence-electron chi connectivity index (χ1n) is 2.05. The first kappa shape index (κ1) is 23.7. The Balaban J connectivity index is -0.0000000546. The van der Waals surface area contributed by atoms with Crippen molar-refractivity contribution in [3.8, 4) is 0 Å². The van der Waals surface area contributed by atoms with Gasteiger partial charge in [0, 0.05) is 17.3 Å². The van der Waals surface area contributed by atoms with Crippen molar-refractivity contribution >= 4 is 22.2 Å². The molecule has 0 unspecified atom stereocenters. The molecule has 0 heterocycles. The van der Waals surface area contributed by atoms with E-state index in [1.165, 1.54) is 0 Å². The third-order valence-electron chi connectivity index (χ3n) is 0.301. The molecular weight excluding hydrogens is 226 g/mol. The average Bonchev–Trinajstić information content (AvgIpc) is 1.59. The summed E-state index contributed by atoms with van der Waals surface area (Å²) in [6.45, 7) is 1.00. The second-order valence-electron chi connectivity index (χ2n) is 1.27. The van der Waals surface area contributed by atoms with Crippen LogP contribution in [-0.2, 0) is 20.0 Å². The standard InChI is InChI=1S/C3H4O3.2Na.H2O4S/c1-2(4)3(5)6;;;1-5(2,3)4/h1H3,(H,5,6);;;(H2,1,2,3,4)/q;2*+1;/p-2. The van der Waals surface area contributed by atoms with Gasteiger partial charge in [0.15, 0.2) is 0 Å². The van der Waals surface area contributed by atoms with Crippen LogP contribution in [0.4, 0.5) is 0 Å². The van der Waals surface area contributed by atoms with Crippen LogP contribution in [0.5, 0.6) is 0 Å². The van der Waals surface area contributed by atoms with Crippen LogP contribution in [-0.4, -0.2) is 34.4 Å². The van der Waals surface area contributed by atoms with Gasteiger partial charge in [0.2, 0.25) is 5.78 Å². The molecule has 13 heavy (non-hydrogen) atoms. The molecular formula is C3H4Na2O7S. The molecule has 0 aliphatic heterocycles. The predicted molar refractivity (Wildman–Crippen MR) is 28.8 cm³/mol. The van der Waals surface area contributed by atoms with Gasteiger partial charge < -0.3 is 14.2 Å². The van der Waals surface area contributed by atoms with Gasteiger partial charge in [-0.2, -0.15) is 0 Å². The maximum atomic E-state index is 9.54. The van der Waals surface area contributed by atoms with Crippen molar-refractivity contribution in [2.75, 3.05) is 0 Å². The molecule has 0 aromatic rings. The van der Waals surface area contributed by atoms with Crippen molar-refractivity contribution in [2.24, 2.45) is 0 Å². The Morgan fingerprint density at radius 1 is 1.15 bits per heavy atom. The van der Waals surface area contributed by atoms with Crippen molar-refractivity contribution in [3.63, 3.8) is 0 Å². The van der Waals surface area contributed by atoms with Gasteiger partial charge in [-0.05, 0) is 0 Å². The maximum Gasteiger partial charge on any atom is 1.00 e. The Bertz CT molecular complexity index is 224. The van der Waals surface area contributed by atoms with Crippen LogP contribution in [0.3, 0.4) is 0 Å². The molecule has 0 bridgehead atoms. The van der Waals surface area contributed by atoms with Crippen molar-refractivity contribution in [1.82, 2.24) is 0 Å². The fourth-order valence-corrected chi connectivity index (χ4v) is 0. The van der Waals surface area contributed by atoms with Crippen LogP contribution in [0.15, 0.2) is 0 Å². The Kier molecular flexibility index (Phi) is 20.2. The summed E-state index contributed by atoms with van der Waals surface area (Å²) >= 11 is 0. The third kappa shape index (κ3) is 62.8. The van der Waals surface area contributed by atoms with Crippen LogP contribution >= 0.6 is 0 Å². The SMILES string of the molecule is CC(=O)C(=O)O.O=S(=O)([O-])[O-].[Na+].[Na+]. The number of hydrogen-bond donors (Lipinski definition) is 1. The number of carboxylic acids is 1. The Labute approximate surface area is 119 Å². The quantitative estimate of drug-likeness (QED) is 0.204. The Hall–Kier alpha value is 1.01. The second kappa shape index (κ2) is 11.1. The number of Topliss-reactive ketones (excluding diaryl/α,β-unsaturated/α-hetero) is 1. The summed E-state index contributed by atoms with van der Waals surface area (Å²) in [6.07, 6.45) is 0. The molecule has 0 aliphatic rings. The molecule has 10 heteroatoms. The molecule has 1 N–H and O–H groups in total. The maximum absolute atomic E-state index is 9.54. The van der Waals surface area contributed by atoms with E-state index in [1.54, 1.807) is 0 Å². The fourth-order valence-electron chi connectivity index (χ4n) is 0. The van der Waals surface area contributed by atoms with Crippen LogP contribution in [0, 0.1) is 0 Å². The van der Waals surface area contributed by atoms with E-state index in [4.69, 9.17) is 22.6 Å². The van der Waals surface area contributed by atoms with Crippen molar-refractivity contribution in [3.05, 3.63) is 0 Å². The number of carbonyl (C=O) groups is 2. The van der Waals surface area contributed by atoms with E-state index in [0.717, 1.165) is 6.92 Å². The molecule has 0 aromatic heterocycles. The second-order valence-corrected chi connectivity index (χ2v) is 2.09.